The number of hydrogen-bond donors (Lipinski definition) is 2. The highest BCUT2D eigenvalue weighted by molar-refractivity contribution is 6.35. The third-order valence-electron chi connectivity index (χ3n) is 7.49. The molecular weight excluding hydrogens is 567 g/mol. The number of halogens is 4. The molecule has 1 aliphatic carbocycles. The molecule has 5 rings (SSSR count). The van der Waals surface area contributed by atoms with Crippen molar-refractivity contribution in [3.8, 4) is 12.1 Å². The number of fused-ring (bicyclic) bond motifs is 1. The van der Waals surface area contributed by atoms with Crippen LogP contribution in [0.4, 0.5) is 24.5 Å². The molecule has 0 saturated heterocycles. The molecule has 0 aliphatic heterocycles. The number of alkyl halides is 2. The van der Waals surface area contributed by atoms with Crippen LogP contribution < -0.4 is 10.6 Å². The summed E-state index contributed by atoms with van der Waals surface area (Å²) in [7, 11) is 0. The van der Waals surface area contributed by atoms with E-state index in [2.05, 4.69) is 43.1 Å². The van der Waals surface area contributed by atoms with Crippen LogP contribution in [-0.2, 0) is 5.54 Å². The SMILES string of the molecule is Cc1nc(F)ccc1[C@H](Nc1cc(Cl)c2ncc(C#N)c(NCC(C)(C)CC#N)c2c1)c1cn(C2(C(F)F)CC2)nn1. The van der Waals surface area contributed by atoms with Crippen LogP contribution in [-0.4, -0.2) is 37.9 Å². The first-order valence-electron chi connectivity index (χ1n) is 13.2. The van der Waals surface area contributed by atoms with Crippen molar-refractivity contribution in [2.45, 2.75) is 58.0 Å². The first-order chi connectivity index (χ1) is 20.0. The lowest BCUT2D eigenvalue weighted by Crippen LogP contribution is -2.26. The van der Waals surface area contributed by atoms with E-state index in [4.69, 9.17) is 11.6 Å². The van der Waals surface area contributed by atoms with Gasteiger partial charge >= 0.3 is 0 Å². The molecule has 0 unspecified atom stereocenters. The highest BCUT2D eigenvalue weighted by atomic mass is 35.5. The van der Waals surface area contributed by atoms with Gasteiger partial charge in [0.2, 0.25) is 5.95 Å². The summed E-state index contributed by atoms with van der Waals surface area (Å²) in [4.78, 5) is 8.32. The second-order valence-corrected chi connectivity index (χ2v) is 11.7. The van der Waals surface area contributed by atoms with Gasteiger partial charge in [-0.25, -0.2) is 18.4 Å². The van der Waals surface area contributed by atoms with E-state index in [0.29, 0.717) is 62.8 Å². The van der Waals surface area contributed by atoms with Crippen LogP contribution >= 0.6 is 11.6 Å². The quantitative estimate of drug-likeness (QED) is 0.199. The van der Waals surface area contributed by atoms with Crippen molar-refractivity contribution >= 4 is 33.9 Å². The van der Waals surface area contributed by atoms with Crippen LogP contribution in [0.2, 0.25) is 5.02 Å². The third kappa shape index (κ3) is 5.55. The van der Waals surface area contributed by atoms with E-state index in [1.54, 1.807) is 25.1 Å². The summed E-state index contributed by atoms with van der Waals surface area (Å²) in [6, 6.07) is 9.75. The van der Waals surface area contributed by atoms with Crippen molar-refractivity contribution in [1.29, 1.82) is 10.5 Å². The van der Waals surface area contributed by atoms with Gasteiger partial charge in [0.05, 0.1) is 40.1 Å². The predicted molar refractivity (Wildman–Crippen MR) is 152 cm³/mol. The molecule has 0 amide bonds. The van der Waals surface area contributed by atoms with E-state index in [1.165, 1.54) is 23.1 Å². The monoisotopic (exact) mass is 593 g/mol. The maximum atomic E-state index is 13.9. The molecule has 9 nitrogen and oxygen atoms in total. The Balaban J connectivity index is 1.59. The molecule has 3 aromatic heterocycles. The summed E-state index contributed by atoms with van der Waals surface area (Å²) in [5.74, 6) is -0.660. The van der Waals surface area contributed by atoms with Crippen LogP contribution in [0.15, 0.2) is 36.7 Å². The van der Waals surface area contributed by atoms with Crippen molar-refractivity contribution < 1.29 is 13.2 Å². The van der Waals surface area contributed by atoms with Crippen molar-refractivity contribution in [3.05, 3.63) is 70.1 Å². The van der Waals surface area contributed by atoms with Gasteiger partial charge in [-0.05, 0) is 43.4 Å². The van der Waals surface area contributed by atoms with E-state index in [1.807, 2.05) is 13.8 Å². The molecule has 4 aromatic rings. The molecule has 1 aromatic carbocycles. The van der Waals surface area contributed by atoms with Crippen LogP contribution in [0.3, 0.4) is 0 Å². The first kappa shape index (κ1) is 29.1. The van der Waals surface area contributed by atoms with Crippen LogP contribution in [0, 0.1) is 40.9 Å². The molecule has 0 spiro atoms. The van der Waals surface area contributed by atoms with Crippen LogP contribution in [0.5, 0.6) is 0 Å². The number of anilines is 2. The largest absolute Gasteiger partial charge is 0.383 e. The highest BCUT2D eigenvalue weighted by Gasteiger charge is 2.54. The van der Waals surface area contributed by atoms with Gasteiger partial charge in [0.1, 0.15) is 17.3 Å². The van der Waals surface area contributed by atoms with Crippen molar-refractivity contribution in [2.75, 3.05) is 17.2 Å². The number of hydrogen-bond acceptors (Lipinski definition) is 8. The Labute approximate surface area is 245 Å². The number of nitrogens with zero attached hydrogens (tertiary/aromatic N) is 7. The first-order valence-corrected chi connectivity index (χ1v) is 13.6. The lowest BCUT2D eigenvalue weighted by atomic mass is 9.90. The molecule has 3 heterocycles. The van der Waals surface area contributed by atoms with Gasteiger partial charge in [-0.1, -0.05) is 36.7 Å². The number of benzene rings is 1. The molecule has 216 valence electrons. The fraction of sp³-hybridized carbons (Fsp3) is 0.379. The zero-order valence-corrected chi connectivity index (χ0v) is 23.8. The minimum absolute atomic E-state index is 0.290. The Morgan fingerprint density at radius 2 is 1.98 bits per heavy atom. The van der Waals surface area contributed by atoms with Gasteiger partial charge in [-0.3, -0.25) is 4.98 Å². The molecule has 1 aliphatic rings. The fourth-order valence-electron chi connectivity index (χ4n) is 4.85. The minimum Gasteiger partial charge on any atom is -0.383 e. The number of pyridine rings is 2. The molecule has 1 saturated carbocycles. The molecule has 13 heteroatoms. The van der Waals surface area contributed by atoms with Crippen LogP contribution in [0.25, 0.3) is 10.9 Å². The lowest BCUT2D eigenvalue weighted by molar-refractivity contribution is 0.0593. The molecule has 2 N–H and O–H groups in total. The highest BCUT2D eigenvalue weighted by Crippen LogP contribution is 2.48. The average molecular weight is 594 g/mol. The Bertz CT molecular complexity index is 1730. The maximum absolute atomic E-state index is 13.9. The van der Waals surface area contributed by atoms with Crippen molar-refractivity contribution in [1.82, 2.24) is 25.0 Å². The zero-order valence-electron chi connectivity index (χ0n) is 23.1. The van der Waals surface area contributed by atoms with E-state index in [-0.39, 0.29) is 18.3 Å². The number of nitriles is 2. The second-order valence-electron chi connectivity index (χ2n) is 11.2. The summed E-state index contributed by atoms with van der Waals surface area (Å²) in [6.45, 7) is 5.92. The van der Waals surface area contributed by atoms with Gasteiger partial charge in [0, 0.05) is 41.5 Å². The number of rotatable bonds is 10. The predicted octanol–water partition coefficient (Wildman–Crippen LogP) is 6.50. The summed E-state index contributed by atoms with van der Waals surface area (Å²) in [5, 5.41) is 34.7. The Hall–Kier alpha value is -4.42. The van der Waals surface area contributed by atoms with E-state index in [9.17, 15) is 23.7 Å². The average Bonchev–Trinajstić information content (AvgIpc) is 3.61. The molecule has 42 heavy (non-hydrogen) atoms. The molecule has 0 bridgehead atoms. The maximum Gasteiger partial charge on any atom is 0.263 e. The van der Waals surface area contributed by atoms with Crippen molar-refractivity contribution in [3.63, 3.8) is 0 Å². The molecule has 1 fully saturated rings. The smallest absolute Gasteiger partial charge is 0.263 e. The number of aryl methyl sites for hydroxylation is 1. The van der Waals surface area contributed by atoms with Crippen LogP contribution in [0.1, 0.15) is 61.7 Å². The lowest BCUT2D eigenvalue weighted by Gasteiger charge is -2.24. The topological polar surface area (TPSA) is 128 Å². The van der Waals surface area contributed by atoms with Gasteiger partial charge in [-0.15, -0.1) is 5.10 Å². The summed E-state index contributed by atoms with van der Waals surface area (Å²) in [5.41, 5.74) is 1.27. The third-order valence-corrected chi connectivity index (χ3v) is 7.78. The Morgan fingerprint density at radius 3 is 2.62 bits per heavy atom. The van der Waals surface area contributed by atoms with Crippen molar-refractivity contribution in [2.24, 2.45) is 5.41 Å². The Kier molecular flexibility index (Phi) is 7.69. The molecule has 0 radical (unpaired) electrons. The summed E-state index contributed by atoms with van der Waals surface area (Å²) in [6.07, 6.45) is 1.20. The molecular formula is C29H27ClF3N9. The van der Waals surface area contributed by atoms with E-state index < -0.39 is 24.0 Å². The molecule has 1 atom stereocenters. The summed E-state index contributed by atoms with van der Waals surface area (Å²) < 4.78 is 42.7. The van der Waals surface area contributed by atoms with E-state index in [0.717, 1.165) is 0 Å². The van der Waals surface area contributed by atoms with Gasteiger partial charge < -0.3 is 10.6 Å². The van der Waals surface area contributed by atoms with Gasteiger partial charge in [0.15, 0.2) is 0 Å². The standard InChI is InChI=1S/C29H27ClF3N9/c1-16-19(4-5-23(31)38-16)26(22-14-42(41-40-22)29(6-7-29)27(32)33)39-18-10-20-24(37-15-28(2,3)8-9-34)17(12-35)13-36-25(20)21(30)11-18/h4-5,10-11,13-14,26-27,39H,6-8,15H2,1-3H3,(H,36,37)/t26-/m0/s1. The zero-order chi connectivity index (χ0) is 30.2. The fourth-order valence-corrected chi connectivity index (χ4v) is 5.12. The van der Waals surface area contributed by atoms with Gasteiger partial charge in [0.25, 0.3) is 6.43 Å². The van der Waals surface area contributed by atoms with E-state index >= 15 is 0 Å². The normalized spacial score (nSPS) is 14.8. The number of aromatic nitrogens is 5. The second kappa shape index (κ2) is 11.1. The Morgan fingerprint density at radius 1 is 1.21 bits per heavy atom. The number of nitrogens with one attached hydrogen (secondary N) is 2. The van der Waals surface area contributed by atoms with Gasteiger partial charge in [-0.2, -0.15) is 14.9 Å². The summed E-state index contributed by atoms with van der Waals surface area (Å²) >= 11 is 6.67. The minimum atomic E-state index is -2.60.